The number of carbonyl (C=O) groups excluding carboxylic acids is 2. The summed E-state index contributed by atoms with van der Waals surface area (Å²) in [6.45, 7) is 0.383. The van der Waals surface area contributed by atoms with E-state index >= 15 is 0 Å². The van der Waals surface area contributed by atoms with Crippen LogP contribution in [0.4, 0.5) is 0 Å². The Bertz CT molecular complexity index is 750. The molecule has 0 aliphatic heterocycles. The molecule has 1 N–H and O–H groups in total. The van der Waals surface area contributed by atoms with Gasteiger partial charge in [0, 0.05) is 30.0 Å². The van der Waals surface area contributed by atoms with Gasteiger partial charge in [0.15, 0.2) is 11.5 Å². The first-order valence-electron chi connectivity index (χ1n) is 7.23. The molecule has 0 aliphatic rings. The van der Waals surface area contributed by atoms with Crippen LogP contribution in [0, 0.1) is 11.3 Å². The first-order chi connectivity index (χ1) is 11.6. The van der Waals surface area contributed by atoms with Gasteiger partial charge in [-0.3, -0.25) is 9.59 Å². The summed E-state index contributed by atoms with van der Waals surface area (Å²) < 4.78 is 10.3. The van der Waals surface area contributed by atoms with Crippen LogP contribution < -0.4 is 14.8 Å². The van der Waals surface area contributed by atoms with Crippen molar-refractivity contribution in [1.29, 1.82) is 5.26 Å². The third-order valence-corrected chi connectivity index (χ3v) is 3.83. The van der Waals surface area contributed by atoms with Gasteiger partial charge in [-0.15, -0.1) is 0 Å². The first kappa shape index (κ1) is 17.5. The number of methoxy groups -OCH3 is 1. The average molecular weight is 344 g/mol. The van der Waals surface area contributed by atoms with E-state index in [1.165, 1.54) is 30.6 Å². The minimum atomic E-state index is -0.428. The number of carbonyl (C=O) groups is 2. The fourth-order valence-electron chi connectivity index (χ4n) is 1.93. The number of nitrogens with one attached hydrogen (secondary N) is 1. The largest absolute Gasteiger partial charge is 0.493 e. The van der Waals surface area contributed by atoms with Crippen molar-refractivity contribution in [3.63, 3.8) is 0 Å². The van der Waals surface area contributed by atoms with E-state index in [9.17, 15) is 9.59 Å². The number of ether oxygens (including phenoxy) is 2. The maximum absolute atomic E-state index is 11.9. The van der Waals surface area contributed by atoms with Gasteiger partial charge in [-0.25, -0.2) is 0 Å². The molecule has 7 heteroatoms. The molecule has 0 aliphatic carbocycles. The summed E-state index contributed by atoms with van der Waals surface area (Å²) in [7, 11) is 1.44. The predicted octanol–water partition coefficient (Wildman–Crippen LogP) is 2.74. The van der Waals surface area contributed by atoms with Gasteiger partial charge in [-0.1, -0.05) is 0 Å². The van der Waals surface area contributed by atoms with Crippen LogP contribution in [0.5, 0.6) is 11.5 Å². The molecule has 0 unspecified atom stereocenters. The van der Waals surface area contributed by atoms with Gasteiger partial charge >= 0.3 is 5.97 Å². The van der Waals surface area contributed by atoms with E-state index in [4.69, 9.17) is 14.7 Å². The zero-order chi connectivity index (χ0) is 17.4. The molecular weight excluding hydrogens is 328 g/mol. The van der Waals surface area contributed by atoms with Crippen molar-refractivity contribution in [1.82, 2.24) is 5.32 Å². The SMILES string of the molecule is COc1cc(C#N)ccc1OC(=O)CCCNC(=O)c1ccsc1. The molecule has 0 saturated heterocycles. The summed E-state index contributed by atoms with van der Waals surface area (Å²) in [4.78, 5) is 23.6. The lowest BCUT2D eigenvalue weighted by Gasteiger charge is -2.09. The monoisotopic (exact) mass is 344 g/mol. The smallest absolute Gasteiger partial charge is 0.311 e. The molecule has 124 valence electrons. The number of esters is 1. The number of hydrogen-bond donors (Lipinski definition) is 1. The second-order valence-corrected chi connectivity index (χ2v) is 5.60. The Balaban J connectivity index is 1.77. The van der Waals surface area contributed by atoms with Crippen molar-refractivity contribution >= 4 is 23.2 Å². The van der Waals surface area contributed by atoms with E-state index in [-0.39, 0.29) is 18.1 Å². The molecule has 0 radical (unpaired) electrons. The van der Waals surface area contributed by atoms with Crippen LogP contribution in [-0.2, 0) is 4.79 Å². The maximum atomic E-state index is 11.9. The summed E-state index contributed by atoms with van der Waals surface area (Å²) in [6.07, 6.45) is 0.625. The van der Waals surface area contributed by atoms with E-state index in [0.29, 0.717) is 29.8 Å². The van der Waals surface area contributed by atoms with Gasteiger partial charge in [-0.05, 0) is 30.0 Å². The van der Waals surface area contributed by atoms with Crippen LogP contribution in [0.25, 0.3) is 0 Å². The molecule has 24 heavy (non-hydrogen) atoms. The first-order valence-corrected chi connectivity index (χ1v) is 8.17. The normalized spacial score (nSPS) is 9.83. The van der Waals surface area contributed by atoms with Crippen molar-refractivity contribution in [3.8, 4) is 17.6 Å². The molecule has 0 bridgehead atoms. The molecule has 2 aromatic rings. The molecule has 1 aromatic carbocycles. The number of amides is 1. The minimum absolute atomic E-state index is 0.154. The van der Waals surface area contributed by atoms with E-state index in [2.05, 4.69) is 5.32 Å². The van der Waals surface area contributed by atoms with Crippen LogP contribution in [-0.4, -0.2) is 25.5 Å². The standard InChI is InChI=1S/C17H16N2O4S/c1-22-15-9-12(10-18)4-5-14(15)23-16(20)3-2-7-19-17(21)13-6-8-24-11-13/h4-6,8-9,11H,2-3,7H2,1H3,(H,19,21). The Morgan fingerprint density at radius 1 is 1.29 bits per heavy atom. The fraction of sp³-hybridized carbons (Fsp3) is 0.235. The Morgan fingerprint density at radius 2 is 2.12 bits per heavy atom. The highest BCUT2D eigenvalue weighted by Gasteiger charge is 2.11. The zero-order valence-corrected chi connectivity index (χ0v) is 13.9. The van der Waals surface area contributed by atoms with Gasteiger partial charge in [0.2, 0.25) is 0 Å². The maximum Gasteiger partial charge on any atom is 0.311 e. The van der Waals surface area contributed by atoms with E-state index in [1.807, 2.05) is 11.4 Å². The Labute approximate surface area is 143 Å². The summed E-state index contributed by atoms with van der Waals surface area (Å²) in [5.74, 6) is 0.0122. The van der Waals surface area contributed by atoms with Crippen LogP contribution in [0.1, 0.15) is 28.8 Å². The average Bonchev–Trinajstić information content (AvgIpc) is 3.13. The Kier molecular flexibility index (Phi) is 6.34. The Morgan fingerprint density at radius 3 is 2.79 bits per heavy atom. The van der Waals surface area contributed by atoms with Crippen molar-refractivity contribution in [3.05, 3.63) is 46.2 Å². The molecule has 1 aromatic heterocycles. The molecule has 0 atom stereocenters. The molecule has 0 saturated carbocycles. The highest BCUT2D eigenvalue weighted by molar-refractivity contribution is 7.08. The lowest BCUT2D eigenvalue weighted by molar-refractivity contribution is -0.134. The lowest BCUT2D eigenvalue weighted by Crippen LogP contribution is -2.24. The second kappa shape index (κ2) is 8.70. The van der Waals surface area contributed by atoms with E-state index < -0.39 is 5.97 Å². The highest BCUT2D eigenvalue weighted by atomic mass is 32.1. The van der Waals surface area contributed by atoms with Crippen LogP contribution in [0.15, 0.2) is 35.0 Å². The van der Waals surface area contributed by atoms with Crippen molar-refractivity contribution < 1.29 is 19.1 Å². The van der Waals surface area contributed by atoms with E-state index in [0.717, 1.165) is 0 Å². The van der Waals surface area contributed by atoms with Crippen LogP contribution in [0.2, 0.25) is 0 Å². The third kappa shape index (κ3) is 4.83. The molecule has 2 rings (SSSR count). The van der Waals surface area contributed by atoms with Crippen LogP contribution in [0.3, 0.4) is 0 Å². The number of nitriles is 1. The quantitative estimate of drug-likeness (QED) is 0.474. The summed E-state index contributed by atoms with van der Waals surface area (Å²) in [5, 5.41) is 15.2. The third-order valence-electron chi connectivity index (χ3n) is 3.14. The molecular formula is C17H16N2O4S. The van der Waals surface area contributed by atoms with Crippen molar-refractivity contribution in [2.45, 2.75) is 12.8 Å². The lowest BCUT2D eigenvalue weighted by atomic mass is 10.2. The van der Waals surface area contributed by atoms with E-state index in [1.54, 1.807) is 17.5 Å². The number of hydrogen-bond acceptors (Lipinski definition) is 6. The second-order valence-electron chi connectivity index (χ2n) is 4.82. The molecule has 0 spiro atoms. The fourth-order valence-corrected chi connectivity index (χ4v) is 2.56. The number of thiophene rings is 1. The van der Waals surface area contributed by atoms with Crippen LogP contribution >= 0.6 is 11.3 Å². The summed E-state index contributed by atoms with van der Waals surface area (Å²) >= 11 is 1.45. The topological polar surface area (TPSA) is 88.4 Å². The number of nitrogens with zero attached hydrogens (tertiary/aromatic N) is 1. The molecule has 6 nitrogen and oxygen atoms in total. The zero-order valence-electron chi connectivity index (χ0n) is 13.1. The number of rotatable bonds is 7. The predicted molar refractivity (Wildman–Crippen MR) is 89.2 cm³/mol. The van der Waals surface area contributed by atoms with Gasteiger partial charge in [0.25, 0.3) is 5.91 Å². The van der Waals surface area contributed by atoms with Gasteiger partial charge < -0.3 is 14.8 Å². The van der Waals surface area contributed by atoms with Gasteiger partial charge in [-0.2, -0.15) is 16.6 Å². The minimum Gasteiger partial charge on any atom is -0.493 e. The highest BCUT2D eigenvalue weighted by Crippen LogP contribution is 2.28. The molecule has 1 amide bonds. The van der Waals surface area contributed by atoms with Crippen molar-refractivity contribution in [2.75, 3.05) is 13.7 Å². The molecule has 0 fully saturated rings. The van der Waals surface area contributed by atoms with Gasteiger partial charge in [0.1, 0.15) is 0 Å². The molecule has 1 heterocycles. The summed E-state index contributed by atoms with van der Waals surface area (Å²) in [6, 6.07) is 8.30. The van der Waals surface area contributed by atoms with Gasteiger partial charge in [0.05, 0.1) is 18.7 Å². The summed E-state index contributed by atoms with van der Waals surface area (Å²) in [5.41, 5.74) is 1.03. The Hall–Kier alpha value is -2.85. The van der Waals surface area contributed by atoms with Crippen molar-refractivity contribution in [2.24, 2.45) is 0 Å². The number of benzene rings is 1.